The number of carbonyl (C=O) groups excluding carboxylic acids is 1. The van der Waals surface area contributed by atoms with E-state index in [0.717, 1.165) is 12.8 Å². The van der Waals surface area contributed by atoms with Crippen molar-refractivity contribution in [2.75, 3.05) is 0 Å². The van der Waals surface area contributed by atoms with Crippen LogP contribution in [0, 0.1) is 0 Å². The summed E-state index contributed by atoms with van der Waals surface area (Å²) in [5.41, 5.74) is 0. The van der Waals surface area contributed by atoms with Crippen molar-refractivity contribution < 1.29 is 4.79 Å². The molecular formula is C18H18OSe2. The van der Waals surface area contributed by atoms with Gasteiger partial charge in [-0.15, -0.1) is 0 Å². The van der Waals surface area contributed by atoms with Crippen molar-refractivity contribution >= 4 is 44.6 Å². The molecule has 0 aliphatic heterocycles. The van der Waals surface area contributed by atoms with Gasteiger partial charge in [0.05, 0.1) is 0 Å². The van der Waals surface area contributed by atoms with Crippen molar-refractivity contribution in [3.8, 4) is 0 Å². The summed E-state index contributed by atoms with van der Waals surface area (Å²) in [4.78, 5) is 13.4. The van der Waals surface area contributed by atoms with E-state index in [0.29, 0.717) is 45.3 Å². The first-order valence-electron chi connectivity index (χ1n) is 7.30. The quantitative estimate of drug-likeness (QED) is 0.711. The molecule has 1 aliphatic carbocycles. The topological polar surface area (TPSA) is 17.1 Å². The van der Waals surface area contributed by atoms with Gasteiger partial charge >= 0.3 is 139 Å². The van der Waals surface area contributed by atoms with Crippen molar-refractivity contribution in [3.63, 3.8) is 0 Å². The van der Waals surface area contributed by atoms with Crippen LogP contribution in [0.3, 0.4) is 0 Å². The first-order chi connectivity index (χ1) is 10.3. The molecule has 0 spiro atoms. The molecule has 3 rings (SSSR count). The first-order valence-corrected chi connectivity index (χ1v) is 11.0. The van der Waals surface area contributed by atoms with E-state index in [1.54, 1.807) is 0 Å². The Labute approximate surface area is 138 Å². The molecule has 108 valence electrons. The van der Waals surface area contributed by atoms with E-state index in [1.807, 2.05) is 12.1 Å². The molecule has 2 aromatic rings. The van der Waals surface area contributed by atoms with Crippen molar-refractivity contribution in [3.05, 3.63) is 60.7 Å². The summed E-state index contributed by atoms with van der Waals surface area (Å²) in [5.74, 6) is 0.536. The summed E-state index contributed by atoms with van der Waals surface area (Å²) in [6.45, 7) is 0. The van der Waals surface area contributed by atoms with Gasteiger partial charge in [-0.05, 0) is 0 Å². The van der Waals surface area contributed by atoms with Gasteiger partial charge in [0.15, 0.2) is 0 Å². The van der Waals surface area contributed by atoms with Crippen LogP contribution in [-0.4, -0.2) is 35.7 Å². The Morgan fingerprint density at radius 2 is 1.14 bits per heavy atom. The molecule has 21 heavy (non-hydrogen) atoms. The van der Waals surface area contributed by atoms with Gasteiger partial charge in [-0.25, -0.2) is 0 Å². The third-order valence-electron chi connectivity index (χ3n) is 3.61. The van der Waals surface area contributed by atoms with Crippen LogP contribution >= 0.6 is 0 Å². The van der Waals surface area contributed by atoms with Crippen LogP contribution in [0.1, 0.15) is 19.3 Å². The maximum absolute atomic E-state index is 12.8. The molecule has 1 nitrogen and oxygen atoms in total. The molecule has 0 saturated heterocycles. The molecule has 2 unspecified atom stereocenters. The summed E-state index contributed by atoms with van der Waals surface area (Å²) < 4.78 is 2.72. The molecule has 0 aromatic heterocycles. The SMILES string of the molecule is O=C1C([Se]c2ccccc2)CCCC1[Se]c1ccccc1. The van der Waals surface area contributed by atoms with Crippen LogP contribution in [0.4, 0.5) is 0 Å². The second kappa shape index (κ2) is 7.42. The predicted octanol–water partition coefficient (Wildman–Crippen LogP) is 2.38. The molecule has 0 bridgehead atoms. The molecule has 2 aromatic carbocycles. The number of carbonyl (C=O) groups is 1. The standard InChI is InChI=1S/C18H18OSe2/c19-18-16(20-14-8-3-1-4-9-14)12-7-13-17(18)21-15-10-5-2-6-11-15/h1-6,8-11,16-17H,7,12-13H2. The molecule has 1 saturated carbocycles. The number of hydrogen-bond donors (Lipinski definition) is 0. The van der Waals surface area contributed by atoms with Gasteiger partial charge in [-0.1, -0.05) is 0 Å². The number of hydrogen-bond acceptors (Lipinski definition) is 1. The van der Waals surface area contributed by atoms with Crippen molar-refractivity contribution in [2.24, 2.45) is 0 Å². The van der Waals surface area contributed by atoms with Gasteiger partial charge in [0.25, 0.3) is 0 Å². The fourth-order valence-electron chi connectivity index (χ4n) is 2.54. The van der Waals surface area contributed by atoms with Crippen LogP contribution in [0.2, 0.25) is 9.63 Å². The van der Waals surface area contributed by atoms with E-state index < -0.39 is 0 Å². The van der Waals surface area contributed by atoms with E-state index in [-0.39, 0.29) is 0 Å². The maximum atomic E-state index is 12.8. The van der Waals surface area contributed by atoms with Crippen LogP contribution in [0.25, 0.3) is 0 Å². The molecule has 0 heterocycles. The minimum absolute atomic E-state index is 0.295. The third-order valence-corrected chi connectivity index (χ3v) is 9.05. The van der Waals surface area contributed by atoms with Crippen LogP contribution in [-0.2, 0) is 4.79 Å². The average molecular weight is 408 g/mol. The fraction of sp³-hybridized carbons (Fsp3) is 0.278. The summed E-state index contributed by atoms with van der Waals surface area (Å²) in [7, 11) is 0. The van der Waals surface area contributed by atoms with Gasteiger partial charge in [0.1, 0.15) is 0 Å². The van der Waals surface area contributed by atoms with E-state index in [4.69, 9.17) is 0 Å². The van der Waals surface area contributed by atoms with E-state index in [9.17, 15) is 4.79 Å². The normalized spacial score (nSPS) is 22.2. The van der Waals surface area contributed by atoms with Crippen molar-refractivity contribution in [2.45, 2.75) is 28.9 Å². The van der Waals surface area contributed by atoms with Crippen molar-refractivity contribution in [1.82, 2.24) is 0 Å². The van der Waals surface area contributed by atoms with E-state index in [1.165, 1.54) is 15.3 Å². The monoisotopic (exact) mass is 410 g/mol. The minimum atomic E-state index is 0.295. The summed E-state index contributed by atoms with van der Waals surface area (Å²) in [5, 5.41) is 0. The third kappa shape index (κ3) is 4.08. The van der Waals surface area contributed by atoms with Gasteiger partial charge < -0.3 is 0 Å². The number of rotatable bonds is 4. The molecule has 1 fully saturated rings. The van der Waals surface area contributed by atoms with Gasteiger partial charge in [0.2, 0.25) is 0 Å². The van der Waals surface area contributed by atoms with Gasteiger partial charge in [-0.3, -0.25) is 0 Å². The van der Waals surface area contributed by atoms with Crippen LogP contribution < -0.4 is 8.92 Å². The zero-order valence-corrected chi connectivity index (χ0v) is 15.2. The summed E-state index contributed by atoms with van der Waals surface area (Å²) in [6.07, 6.45) is 3.40. The van der Waals surface area contributed by atoms with Gasteiger partial charge in [0, 0.05) is 0 Å². The van der Waals surface area contributed by atoms with Crippen LogP contribution in [0.15, 0.2) is 60.7 Å². The number of Topliss-reactive ketones (excluding diaryl/α,β-unsaturated/α-hetero) is 1. The molecule has 0 amide bonds. The second-order valence-corrected chi connectivity index (χ2v) is 10.5. The molecular weight excluding hydrogens is 390 g/mol. The fourth-order valence-corrected chi connectivity index (χ4v) is 8.05. The predicted molar refractivity (Wildman–Crippen MR) is 90.0 cm³/mol. The molecule has 0 radical (unpaired) electrons. The Hall–Kier alpha value is -0.851. The Morgan fingerprint density at radius 3 is 1.57 bits per heavy atom. The van der Waals surface area contributed by atoms with E-state index >= 15 is 0 Å². The summed E-state index contributed by atoms with van der Waals surface area (Å²) in [6, 6.07) is 21.1. The molecule has 0 N–H and O–H groups in total. The Balaban J connectivity index is 1.66. The number of ketones is 1. The van der Waals surface area contributed by atoms with Crippen LogP contribution in [0.5, 0.6) is 0 Å². The van der Waals surface area contributed by atoms with E-state index in [2.05, 4.69) is 48.5 Å². The average Bonchev–Trinajstić information content (AvgIpc) is 2.53. The zero-order valence-electron chi connectivity index (χ0n) is 11.8. The second-order valence-electron chi connectivity index (χ2n) is 5.17. The van der Waals surface area contributed by atoms with Gasteiger partial charge in [-0.2, -0.15) is 0 Å². The Morgan fingerprint density at radius 1 is 0.714 bits per heavy atom. The summed E-state index contributed by atoms with van der Waals surface area (Å²) >= 11 is 0.591. The molecule has 3 heteroatoms. The molecule has 2 atom stereocenters. The number of benzene rings is 2. The zero-order chi connectivity index (χ0) is 14.5. The molecule has 1 aliphatic rings. The Kier molecular flexibility index (Phi) is 5.32. The van der Waals surface area contributed by atoms with Crippen molar-refractivity contribution in [1.29, 1.82) is 0 Å². The first kappa shape index (κ1) is 15.1. The Bertz CT molecular complexity index is 531.